The zero-order valence-electron chi connectivity index (χ0n) is 25.3. The second-order valence-electron chi connectivity index (χ2n) is 12.8. The Kier molecular flexibility index (Phi) is 12.2. The van der Waals surface area contributed by atoms with Gasteiger partial charge in [-0.25, -0.2) is 4.79 Å². The quantitative estimate of drug-likeness (QED) is 0.349. The second kappa shape index (κ2) is 15.6. The Morgan fingerprint density at radius 3 is 2.43 bits per heavy atom. The number of phenols is 1. The fraction of sp³-hybridized carbons (Fsp3) is 0.710. The smallest absolute Gasteiger partial charge is 0.411 e. The highest BCUT2D eigenvalue weighted by molar-refractivity contribution is 7.99. The van der Waals surface area contributed by atoms with E-state index in [1.54, 1.807) is 23.9 Å². The Morgan fingerprint density at radius 1 is 1.07 bits per heavy atom. The van der Waals surface area contributed by atoms with E-state index in [1.165, 1.54) is 48.8 Å². The molecule has 0 radical (unpaired) electrons. The van der Waals surface area contributed by atoms with Gasteiger partial charge in [0.05, 0.1) is 5.88 Å². The van der Waals surface area contributed by atoms with Crippen molar-refractivity contribution in [3.05, 3.63) is 29.8 Å². The normalized spacial score (nSPS) is 21.6. The van der Waals surface area contributed by atoms with Gasteiger partial charge in [-0.1, -0.05) is 31.4 Å². The lowest BCUT2D eigenvalue weighted by Gasteiger charge is -2.33. The van der Waals surface area contributed by atoms with E-state index in [1.807, 2.05) is 32.9 Å². The third-order valence-corrected chi connectivity index (χ3v) is 10.4. The molecular formula is C31H48N4O5S2. The highest BCUT2D eigenvalue weighted by atomic mass is 32.2. The molecule has 42 heavy (non-hydrogen) atoms. The number of ether oxygens (including phenoxy) is 1. The molecule has 1 saturated carbocycles. The number of likely N-dealkylation sites (tertiary alicyclic amines) is 1. The molecule has 2 aliphatic heterocycles. The Morgan fingerprint density at radius 2 is 1.76 bits per heavy atom. The lowest BCUT2D eigenvalue weighted by molar-refractivity contribution is -0.131. The monoisotopic (exact) mass is 620 g/mol. The molecule has 4 rings (SSSR count). The summed E-state index contributed by atoms with van der Waals surface area (Å²) < 4.78 is 5.53. The van der Waals surface area contributed by atoms with Crippen LogP contribution in [0.15, 0.2) is 24.3 Å². The molecule has 0 bridgehead atoms. The molecule has 1 aromatic rings. The summed E-state index contributed by atoms with van der Waals surface area (Å²) in [5, 5.41) is 15.8. The average Bonchev–Trinajstić information content (AvgIpc) is 3.45. The van der Waals surface area contributed by atoms with Crippen molar-refractivity contribution >= 4 is 41.4 Å². The van der Waals surface area contributed by atoms with Gasteiger partial charge in [-0.3, -0.25) is 19.4 Å². The van der Waals surface area contributed by atoms with E-state index in [0.717, 1.165) is 43.8 Å². The van der Waals surface area contributed by atoms with Crippen LogP contribution in [0.5, 0.6) is 5.75 Å². The van der Waals surface area contributed by atoms with Crippen molar-refractivity contribution in [3.63, 3.8) is 0 Å². The van der Waals surface area contributed by atoms with Crippen LogP contribution in [0.25, 0.3) is 0 Å². The van der Waals surface area contributed by atoms with Crippen molar-refractivity contribution in [1.29, 1.82) is 0 Å². The number of carbonyl (C=O) groups excluding carboxylic acids is 3. The van der Waals surface area contributed by atoms with Crippen molar-refractivity contribution < 1.29 is 24.2 Å². The Labute approximate surface area is 259 Å². The number of carbonyl (C=O) groups is 3. The zero-order chi connectivity index (χ0) is 30.1. The van der Waals surface area contributed by atoms with Gasteiger partial charge in [-0.2, -0.15) is 11.8 Å². The molecule has 3 N–H and O–H groups in total. The number of nitrogens with zero attached hydrogens (tertiary/aromatic N) is 2. The van der Waals surface area contributed by atoms with E-state index >= 15 is 0 Å². The van der Waals surface area contributed by atoms with Crippen LogP contribution in [0.1, 0.15) is 71.3 Å². The van der Waals surface area contributed by atoms with Crippen LogP contribution < -0.4 is 10.6 Å². The van der Waals surface area contributed by atoms with Gasteiger partial charge in [0.15, 0.2) is 0 Å². The highest BCUT2D eigenvalue weighted by Crippen LogP contribution is 2.28. The maximum atomic E-state index is 13.6. The molecule has 3 aliphatic rings. The number of amides is 3. The van der Waals surface area contributed by atoms with Gasteiger partial charge in [-0.05, 0) is 75.8 Å². The maximum Gasteiger partial charge on any atom is 0.411 e. The minimum Gasteiger partial charge on any atom is -0.508 e. The van der Waals surface area contributed by atoms with Crippen molar-refractivity contribution in [2.24, 2.45) is 5.92 Å². The molecule has 3 fully saturated rings. The van der Waals surface area contributed by atoms with Crippen LogP contribution in [0, 0.1) is 5.92 Å². The van der Waals surface area contributed by atoms with E-state index in [-0.39, 0.29) is 23.6 Å². The van der Waals surface area contributed by atoms with Gasteiger partial charge in [-0.15, -0.1) is 11.8 Å². The first-order chi connectivity index (χ1) is 20.1. The number of hydrogen-bond acceptors (Lipinski definition) is 8. The predicted octanol–water partition coefficient (Wildman–Crippen LogP) is 4.58. The molecule has 2 heterocycles. The summed E-state index contributed by atoms with van der Waals surface area (Å²) in [6, 6.07) is 6.03. The maximum absolute atomic E-state index is 13.6. The summed E-state index contributed by atoms with van der Waals surface area (Å²) in [6.45, 7) is 7.97. The van der Waals surface area contributed by atoms with Crippen LogP contribution in [0.2, 0.25) is 0 Å². The lowest BCUT2D eigenvalue weighted by Crippen LogP contribution is -2.57. The summed E-state index contributed by atoms with van der Waals surface area (Å²) in [5.41, 5.74) is 0.502. The lowest BCUT2D eigenvalue weighted by atomic mass is 9.91. The second-order valence-corrected chi connectivity index (χ2v) is 14.9. The summed E-state index contributed by atoms with van der Waals surface area (Å²) in [6.07, 6.45) is 7.51. The number of rotatable bonds is 10. The van der Waals surface area contributed by atoms with Crippen LogP contribution in [-0.4, -0.2) is 92.8 Å². The number of nitrogens with one attached hydrogen (secondary N) is 2. The average molecular weight is 621 g/mol. The first kappa shape index (κ1) is 32.8. The van der Waals surface area contributed by atoms with Gasteiger partial charge < -0.3 is 20.5 Å². The summed E-state index contributed by atoms with van der Waals surface area (Å²) in [4.78, 5) is 43.6. The fourth-order valence-electron chi connectivity index (χ4n) is 5.71. The summed E-state index contributed by atoms with van der Waals surface area (Å²) in [7, 11) is 0. The molecule has 1 aliphatic carbocycles. The minimum absolute atomic E-state index is 0.0524. The predicted molar refractivity (Wildman–Crippen MR) is 170 cm³/mol. The molecular weight excluding hydrogens is 572 g/mol. The molecule has 2 atom stereocenters. The highest BCUT2D eigenvalue weighted by Gasteiger charge is 2.39. The van der Waals surface area contributed by atoms with Crippen LogP contribution in [-0.2, 0) is 20.9 Å². The largest absolute Gasteiger partial charge is 0.508 e. The fourth-order valence-corrected chi connectivity index (χ4v) is 8.13. The van der Waals surface area contributed by atoms with Crippen molar-refractivity contribution in [2.75, 3.05) is 36.2 Å². The molecule has 11 heteroatoms. The molecule has 2 unspecified atom stereocenters. The SMILES string of the molecule is CC(C)(C)OC(=O)N1CSCC1C(=O)NC(CSCC1CCCCC1)C(=O)NC1CCN(Cc2ccc(O)cc2)CC1. The van der Waals surface area contributed by atoms with Gasteiger partial charge in [0.2, 0.25) is 11.8 Å². The van der Waals surface area contributed by atoms with Crippen LogP contribution in [0.4, 0.5) is 4.79 Å². The first-order valence-electron chi connectivity index (χ1n) is 15.3. The summed E-state index contributed by atoms with van der Waals surface area (Å²) in [5.74, 6) is 2.88. The topological polar surface area (TPSA) is 111 Å². The Hall–Kier alpha value is -2.11. The number of benzene rings is 1. The summed E-state index contributed by atoms with van der Waals surface area (Å²) >= 11 is 3.26. The van der Waals surface area contributed by atoms with Gasteiger partial charge in [0.1, 0.15) is 23.4 Å². The number of hydrogen-bond donors (Lipinski definition) is 3. The molecule has 2 saturated heterocycles. The third-order valence-electron chi connectivity index (χ3n) is 8.09. The van der Waals surface area contributed by atoms with E-state index in [9.17, 15) is 19.5 Å². The van der Waals surface area contributed by atoms with E-state index < -0.39 is 23.8 Å². The van der Waals surface area contributed by atoms with E-state index in [2.05, 4.69) is 15.5 Å². The Bertz CT molecular complexity index is 1040. The van der Waals surface area contributed by atoms with Gasteiger partial charge >= 0.3 is 6.09 Å². The van der Waals surface area contributed by atoms with Crippen molar-refractivity contribution in [2.45, 2.75) is 96.0 Å². The third kappa shape index (κ3) is 10.3. The zero-order valence-corrected chi connectivity index (χ0v) is 26.9. The number of thioether (sulfide) groups is 2. The number of phenolic OH excluding ortho intramolecular Hbond substituents is 1. The van der Waals surface area contributed by atoms with Gasteiger partial charge in [0, 0.05) is 37.2 Å². The molecule has 1 aromatic carbocycles. The van der Waals surface area contributed by atoms with E-state index in [4.69, 9.17) is 4.74 Å². The molecule has 0 spiro atoms. The number of aromatic hydroxyl groups is 1. The molecule has 3 amide bonds. The van der Waals surface area contributed by atoms with Crippen LogP contribution >= 0.6 is 23.5 Å². The van der Waals surface area contributed by atoms with E-state index in [0.29, 0.717) is 23.3 Å². The minimum atomic E-state index is -0.661. The van der Waals surface area contributed by atoms with Crippen molar-refractivity contribution in [1.82, 2.24) is 20.4 Å². The molecule has 234 valence electrons. The van der Waals surface area contributed by atoms with Crippen LogP contribution in [0.3, 0.4) is 0 Å². The van der Waals surface area contributed by atoms with Gasteiger partial charge in [0.25, 0.3) is 0 Å². The standard InChI is InChI=1S/C31H48N4O5S2/c1-31(2,3)40-30(39)35-21-42-20-27(35)29(38)33-26(19-41-18-23-7-5-4-6-8-23)28(37)32-24-13-15-34(16-14-24)17-22-9-11-25(36)12-10-22/h9-12,23-24,26-27,36H,4-8,13-21H2,1-3H3,(H,32,37)(H,33,38). The number of piperidine rings is 1. The Balaban J connectivity index is 1.32. The van der Waals surface area contributed by atoms with Crippen molar-refractivity contribution in [3.8, 4) is 5.75 Å². The first-order valence-corrected chi connectivity index (χ1v) is 17.6. The molecule has 9 nitrogen and oxygen atoms in total. The molecule has 0 aromatic heterocycles.